The van der Waals surface area contributed by atoms with Gasteiger partial charge < -0.3 is 10.1 Å². The Hall–Kier alpha value is -1.71. The van der Waals surface area contributed by atoms with Gasteiger partial charge in [-0.1, -0.05) is 42.0 Å². The zero-order chi connectivity index (χ0) is 14.7. The summed E-state index contributed by atoms with van der Waals surface area (Å²) in [6.45, 7) is 4.31. The molecule has 2 atom stereocenters. The Bertz CT molecular complexity index is 579. The van der Waals surface area contributed by atoms with Gasteiger partial charge in [-0.2, -0.15) is 0 Å². The number of hydrogen-bond acceptors (Lipinski definition) is 2. The van der Waals surface area contributed by atoms with E-state index in [9.17, 15) is 4.39 Å². The van der Waals surface area contributed by atoms with Crippen LogP contribution in [0.1, 0.15) is 22.6 Å². The Balaban J connectivity index is 1.64. The van der Waals surface area contributed by atoms with Crippen molar-refractivity contribution in [3.8, 4) is 0 Å². The molecule has 1 aliphatic rings. The third kappa shape index (κ3) is 3.49. The van der Waals surface area contributed by atoms with E-state index in [0.29, 0.717) is 13.2 Å². The summed E-state index contributed by atoms with van der Waals surface area (Å²) in [6, 6.07) is 15.6. The van der Waals surface area contributed by atoms with Crippen molar-refractivity contribution in [3.63, 3.8) is 0 Å². The molecule has 0 aliphatic carbocycles. The van der Waals surface area contributed by atoms with Crippen LogP contribution < -0.4 is 5.32 Å². The predicted octanol–water partition coefficient (Wildman–Crippen LogP) is 3.41. The first-order valence-corrected chi connectivity index (χ1v) is 7.34. The fourth-order valence-electron chi connectivity index (χ4n) is 2.75. The maximum Gasteiger partial charge on any atom is 0.123 e. The van der Waals surface area contributed by atoms with Crippen LogP contribution in [0.3, 0.4) is 0 Å². The monoisotopic (exact) mass is 285 g/mol. The van der Waals surface area contributed by atoms with Crippen molar-refractivity contribution in [1.29, 1.82) is 0 Å². The summed E-state index contributed by atoms with van der Waals surface area (Å²) < 4.78 is 18.6. The predicted molar refractivity (Wildman–Crippen MR) is 81.8 cm³/mol. The summed E-state index contributed by atoms with van der Waals surface area (Å²) in [4.78, 5) is 0. The lowest BCUT2D eigenvalue weighted by atomic mass is 9.94. The summed E-state index contributed by atoms with van der Waals surface area (Å²) in [7, 11) is 0. The highest BCUT2D eigenvalue weighted by Gasteiger charge is 2.29. The average molecular weight is 285 g/mol. The van der Waals surface area contributed by atoms with Gasteiger partial charge in [-0.05, 0) is 30.2 Å². The van der Waals surface area contributed by atoms with Crippen LogP contribution in [0.2, 0.25) is 0 Å². The summed E-state index contributed by atoms with van der Waals surface area (Å²) in [6.07, 6.45) is 0. The molecule has 3 heteroatoms. The third-order valence-corrected chi connectivity index (χ3v) is 4.07. The molecule has 1 fully saturated rings. The molecule has 3 rings (SSSR count). The van der Waals surface area contributed by atoms with Crippen LogP contribution in [0, 0.1) is 12.7 Å². The normalized spacial score (nSPS) is 21.6. The molecule has 110 valence electrons. The van der Waals surface area contributed by atoms with E-state index in [1.807, 2.05) is 12.1 Å². The van der Waals surface area contributed by atoms with Gasteiger partial charge in [0.2, 0.25) is 0 Å². The van der Waals surface area contributed by atoms with Crippen LogP contribution >= 0.6 is 0 Å². The lowest BCUT2D eigenvalue weighted by Gasteiger charge is -2.19. The minimum Gasteiger partial charge on any atom is -0.379 e. The number of nitrogens with one attached hydrogen (secondary N) is 1. The molecule has 1 N–H and O–H groups in total. The Kier molecular flexibility index (Phi) is 4.32. The molecule has 2 aromatic rings. The van der Waals surface area contributed by atoms with Gasteiger partial charge in [0, 0.05) is 18.5 Å². The molecule has 0 aromatic heterocycles. The first kappa shape index (κ1) is 14.2. The van der Waals surface area contributed by atoms with Gasteiger partial charge in [0.1, 0.15) is 5.82 Å². The molecule has 0 amide bonds. The summed E-state index contributed by atoms with van der Waals surface area (Å²) in [5.41, 5.74) is 3.67. The Morgan fingerprint density at radius 1 is 1.05 bits per heavy atom. The van der Waals surface area contributed by atoms with E-state index in [0.717, 1.165) is 12.1 Å². The fourth-order valence-corrected chi connectivity index (χ4v) is 2.75. The molecule has 0 radical (unpaired) electrons. The van der Waals surface area contributed by atoms with Crippen molar-refractivity contribution in [3.05, 3.63) is 71.0 Å². The minimum atomic E-state index is -0.193. The summed E-state index contributed by atoms with van der Waals surface area (Å²) >= 11 is 0. The van der Waals surface area contributed by atoms with E-state index < -0.39 is 0 Å². The summed E-state index contributed by atoms with van der Waals surface area (Å²) in [5, 5.41) is 3.56. The number of ether oxygens (including phenoxy) is 1. The van der Waals surface area contributed by atoms with Crippen LogP contribution in [0.4, 0.5) is 4.39 Å². The van der Waals surface area contributed by atoms with Crippen LogP contribution in [-0.4, -0.2) is 19.3 Å². The largest absolute Gasteiger partial charge is 0.379 e. The van der Waals surface area contributed by atoms with Gasteiger partial charge >= 0.3 is 0 Å². The molecule has 0 bridgehead atoms. The maximum atomic E-state index is 13.0. The molecule has 0 saturated carbocycles. The second-order valence-electron chi connectivity index (χ2n) is 5.67. The van der Waals surface area contributed by atoms with Crippen LogP contribution in [0.5, 0.6) is 0 Å². The quantitative estimate of drug-likeness (QED) is 0.929. The lowest BCUT2D eigenvalue weighted by molar-refractivity contribution is 0.187. The highest BCUT2D eigenvalue weighted by Crippen LogP contribution is 2.26. The minimum absolute atomic E-state index is 0.193. The molecule has 1 saturated heterocycles. The highest BCUT2D eigenvalue weighted by atomic mass is 19.1. The second kappa shape index (κ2) is 6.37. The summed E-state index contributed by atoms with van der Waals surface area (Å²) in [5.74, 6) is 0.0953. The van der Waals surface area contributed by atoms with E-state index in [1.54, 1.807) is 0 Å². The number of aryl methyl sites for hydroxylation is 1. The molecule has 0 spiro atoms. The molecule has 2 nitrogen and oxygen atoms in total. The zero-order valence-electron chi connectivity index (χ0n) is 12.2. The molecule has 1 heterocycles. The van der Waals surface area contributed by atoms with Crippen molar-refractivity contribution >= 4 is 0 Å². The smallest absolute Gasteiger partial charge is 0.123 e. The van der Waals surface area contributed by atoms with Crippen LogP contribution in [0.15, 0.2) is 48.5 Å². The van der Waals surface area contributed by atoms with Crippen LogP contribution in [0.25, 0.3) is 0 Å². The first-order valence-electron chi connectivity index (χ1n) is 7.34. The second-order valence-corrected chi connectivity index (χ2v) is 5.67. The van der Waals surface area contributed by atoms with Crippen molar-refractivity contribution in [2.24, 2.45) is 0 Å². The zero-order valence-corrected chi connectivity index (χ0v) is 12.2. The number of hydrogen-bond donors (Lipinski definition) is 1. The van der Waals surface area contributed by atoms with E-state index >= 15 is 0 Å². The van der Waals surface area contributed by atoms with Gasteiger partial charge in [-0.25, -0.2) is 4.39 Å². The van der Waals surface area contributed by atoms with Gasteiger partial charge in [0.15, 0.2) is 0 Å². The maximum absolute atomic E-state index is 13.0. The molecule has 1 aliphatic heterocycles. The molecule has 0 unspecified atom stereocenters. The number of halogens is 1. The van der Waals surface area contributed by atoms with Gasteiger partial charge in [0.05, 0.1) is 13.2 Å². The number of rotatable bonds is 4. The van der Waals surface area contributed by atoms with Crippen molar-refractivity contribution < 1.29 is 9.13 Å². The molecule has 21 heavy (non-hydrogen) atoms. The molecule has 2 aromatic carbocycles. The van der Waals surface area contributed by atoms with E-state index in [1.165, 1.54) is 23.3 Å². The first-order chi connectivity index (χ1) is 10.2. The van der Waals surface area contributed by atoms with E-state index in [-0.39, 0.29) is 17.8 Å². The van der Waals surface area contributed by atoms with Gasteiger partial charge in [0.25, 0.3) is 0 Å². The van der Waals surface area contributed by atoms with Gasteiger partial charge in [-0.15, -0.1) is 0 Å². The topological polar surface area (TPSA) is 21.3 Å². The van der Waals surface area contributed by atoms with Crippen molar-refractivity contribution in [2.75, 3.05) is 13.2 Å². The Morgan fingerprint density at radius 2 is 1.76 bits per heavy atom. The molecular weight excluding hydrogens is 265 g/mol. The highest BCUT2D eigenvalue weighted by molar-refractivity contribution is 5.24. The van der Waals surface area contributed by atoms with Crippen LogP contribution in [-0.2, 0) is 11.3 Å². The average Bonchev–Trinajstić information content (AvgIpc) is 2.96. The fraction of sp³-hybridized carbons (Fsp3) is 0.333. The van der Waals surface area contributed by atoms with E-state index in [2.05, 4.69) is 36.5 Å². The van der Waals surface area contributed by atoms with Gasteiger partial charge in [-0.3, -0.25) is 0 Å². The molecular formula is C18H20FNO. The Morgan fingerprint density at radius 3 is 2.48 bits per heavy atom. The number of benzene rings is 2. The lowest BCUT2D eigenvalue weighted by Crippen LogP contribution is -2.33. The van der Waals surface area contributed by atoms with E-state index in [4.69, 9.17) is 4.74 Å². The van der Waals surface area contributed by atoms with Crippen molar-refractivity contribution in [2.45, 2.75) is 25.4 Å². The Labute approximate surface area is 125 Å². The van der Waals surface area contributed by atoms with Crippen molar-refractivity contribution in [1.82, 2.24) is 5.32 Å². The third-order valence-electron chi connectivity index (χ3n) is 4.07. The standard InChI is InChI=1S/C18H20FNO/c1-13-2-4-14(5-3-13)10-20-18-12-21-11-17(18)15-6-8-16(19)9-7-15/h2-9,17-18,20H,10-12H2,1H3/t17-,18+/m0/s1. The SMILES string of the molecule is Cc1ccc(CN[C@@H]2COC[C@H]2c2ccc(F)cc2)cc1.